The summed E-state index contributed by atoms with van der Waals surface area (Å²) in [5, 5.41) is 17.4. The quantitative estimate of drug-likeness (QED) is 0.670. The van der Waals surface area contributed by atoms with Crippen molar-refractivity contribution < 1.29 is 15.0 Å². The van der Waals surface area contributed by atoms with Gasteiger partial charge in [-0.1, -0.05) is 19.1 Å². The first-order chi connectivity index (χ1) is 7.63. The molecule has 0 aromatic carbocycles. The zero-order valence-corrected chi connectivity index (χ0v) is 9.67. The highest BCUT2D eigenvalue weighted by Crippen LogP contribution is 2.56. The van der Waals surface area contributed by atoms with Crippen LogP contribution < -0.4 is 0 Å². The summed E-state index contributed by atoms with van der Waals surface area (Å²) in [6.07, 6.45) is 8.60. The van der Waals surface area contributed by atoms with Crippen LogP contribution in [0.2, 0.25) is 0 Å². The van der Waals surface area contributed by atoms with E-state index >= 15 is 0 Å². The van der Waals surface area contributed by atoms with Gasteiger partial charge >= 0.3 is 5.97 Å². The molecule has 0 aromatic heterocycles. The summed E-state index contributed by atoms with van der Waals surface area (Å²) in [5.41, 5.74) is 0. The van der Waals surface area contributed by atoms with Crippen LogP contribution in [-0.2, 0) is 4.79 Å². The lowest BCUT2D eigenvalue weighted by Crippen LogP contribution is -2.25. The van der Waals surface area contributed by atoms with E-state index in [4.69, 9.17) is 5.11 Å². The van der Waals surface area contributed by atoms with Crippen LogP contribution in [0, 0.1) is 23.7 Å². The van der Waals surface area contributed by atoms with Gasteiger partial charge in [-0.3, -0.25) is 4.79 Å². The Balaban J connectivity index is 0.000000168. The van der Waals surface area contributed by atoms with Gasteiger partial charge in [0, 0.05) is 6.42 Å². The first kappa shape index (κ1) is 11.6. The molecular formula is C13H20O3. The first-order valence-electron chi connectivity index (χ1n) is 6.21. The topological polar surface area (TPSA) is 57.5 Å². The maximum Gasteiger partial charge on any atom is 0.303 e. The van der Waals surface area contributed by atoms with Crippen molar-refractivity contribution in [2.75, 3.05) is 0 Å². The number of hydrogen-bond acceptors (Lipinski definition) is 2. The summed E-state index contributed by atoms with van der Waals surface area (Å²) in [6.45, 7) is 1.60. The highest BCUT2D eigenvalue weighted by atomic mass is 16.4. The normalized spacial score (nSPS) is 42.8. The average Bonchev–Trinajstić information content (AvgIpc) is 2.92. The third-order valence-corrected chi connectivity index (χ3v) is 4.27. The Hall–Kier alpha value is -0.830. The van der Waals surface area contributed by atoms with Crippen molar-refractivity contribution in [2.24, 2.45) is 23.7 Å². The number of carbonyl (C=O) groups is 1. The fourth-order valence-electron chi connectivity index (χ4n) is 3.54. The van der Waals surface area contributed by atoms with Gasteiger partial charge in [0.15, 0.2) is 0 Å². The fraction of sp³-hybridized carbons (Fsp3) is 0.769. The van der Waals surface area contributed by atoms with Crippen molar-refractivity contribution in [3.8, 4) is 0 Å². The van der Waals surface area contributed by atoms with E-state index in [-0.39, 0.29) is 12.5 Å². The van der Waals surface area contributed by atoms with Crippen LogP contribution in [-0.4, -0.2) is 22.3 Å². The molecule has 0 saturated heterocycles. The largest absolute Gasteiger partial charge is 0.481 e. The molecule has 0 aromatic rings. The minimum Gasteiger partial charge on any atom is -0.481 e. The molecule has 0 radical (unpaired) electrons. The third-order valence-electron chi connectivity index (χ3n) is 4.27. The molecule has 90 valence electrons. The van der Waals surface area contributed by atoms with Gasteiger partial charge in [0.2, 0.25) is 0 Å². The molecule has 2 fully saturated rings. The molecule has 5 unspecified atom stereocenters. The van der Waals surface area contributed by atoms with Gasteiger partial charge < -0.3 is 10.2 Å². The smallest absolute Gasteiger partial charge is 0.303 e. The number of fused-ring (bicyclic) bond motifs is 5. The molecule has 2 N–H and O–H groups in total. The van der Waals surface area contributed by atoms with E-state index in [1.54, 1.807) is 6.92 Å². The molecule has 0 spiro atoms. The van der Waals surface area contributed by atoms with Gasteiger partial charge in [-0.05, 0) is 42.9 Å². The predicted molar refractivity (Wildman–Crippen MR) is 60.9 cm³/mol. The molecule has 2 saturated carbocycles. The van der Waals surface area contributed by atoms with Crippen LogP contribution in [0.4, 0.5) is 0 Å². The zero-order chi connectivity index (χ0) is 11.7. The number of aliphatic carboxylic acids is 1. The Morgan fingerprint density at radius 3 is 2.50 bits per heavy atom. The number of carboxylic acids is 1. The summed E-state index contributed by atoms with van der Waals surface area (Å²) in [6, 6.07) is 0. The number of aliphatic hydroxyl groups excluding tert-OH is 1. The first-order valence-corrected chi connectivity index (χ1v) is 6.21. The second-order valence-electron chi connectivity index (χ2n) is 5.11. The molecule has 3 nitrogen and oxygen atoms in total. The van der Waals surface area contributed by atoms with E-state index in [0.29, 0.717) is 5.92 Å². The molecule has 3 aliphatic carbocycles. The van der Waals surface area contributed by atoms with Crippen molar-refractivity contribution >= 4 is 5.97 Å². The minimum atomic E-state index is -0.745. The second-order valence-corrected chi connectivity index (χ2v) is 5.11. The Morgan fingerprint density at radius 2 is 1.94 bits per heavy atom. The van der Waals surface area contributed by atoms with E-state index in [1.165, 1.54) is 19.3 Å². The summed E-state index contributed by atoms with van der Waals surface area (Å²) in [5.74, 6) is 2.41. The maximum absolute atomic E-state index is 9.63. The summed E-state index contributed by atoms with van der Waals surface area (Å²) >= 11 is 0. The Morgan fingerprint density at radius 1 is 1.31 bits per heavy atom. The van der Waals surface area contributed by atoms with Crippen molar-refractivity contribution in [2.45, 2.75) is 38.7 Å². The van der Waals surface area contributed by atoms with Crippen LogP contribution in [0.25, 0.3) is 0 Å². The van der Waals surface area contributed by atoms with E-state index in [2.05, 4.69) is 6.08 Å². The van der Waals surface area contributed by atoms with Crippen molar-refractivity contribution in [3.63, 3.8) is 0 Å². The molecule has 16 heavy (non-hydrogen) atoms. The van der Waals surface area contributed by atoms with Crippen molar-refractivity contribution in [1.82, 2.24) is 0 Å². The van der Waals surface area contributed by atoms with Crippen molar-refractivity contribution in [1.29, 1.82) is 0 Å². The van der Waals surface area contributed by atoms with Gasteiger partial charge in [-0.25, -0.2) is 0 Å². The predicted octanol–water partition coefficient (Wildman–Crippen LogP) is 2.06. The number of carboxylic acid groups (broad SMARTS) is 1. The Labute approximate surface area is 96.2 Å². The highest BCUT2D eigenvalue weighted by Gasteiger charge is 2.50. The van der Waals surface area contributed by atoms with E-state index in [1.807, 2.05) is 6.08 Å². The van der Waals surface area contributed by atoms with Gasteiger partial charge in [-0.2, -0.15) is 0 Å². The van der Waals surface area contributed by atoms with E-state index in [0.717, 1.165) is 17.8 Å². The molecular weight excluding hydrogens is 204 g/mol. The Kier molecular flexibility index (Phi) is 3.33. The van der Waals surface area contributed by atoms with Crippen LogP contribution in [0.1, 0.15) is 32.6 Å². The molecule has 3 heteroatoms. The lowest BCUT2D eigenvalue weighted by Gasteiger charge is -2.26. The molecule has 0 heterocycles. The monoisotopic (exact) mass is 224 g/mol. The zero-order valence-electron chi connectivity index (χ0n) is 9.67. The molecule has 0 aliphatic heterocycles. The van der Waals surface area contributed by atoms with Crippen molar-refractivity contribution in [3.05, 3.63) is 12.2 Å². The Bertz CT molecular complexity index is 298. The van der Waals surface area contributed by atoms with Crippen LogP contribution in [0.3, 0.4) is 0 Å². The van der Waals surface area contributed by atoms with Gasteiger partial charge in [0.05, 0.1) is 6.10 Å². The SMILES string of the molecule is CCC(=O)O.OC1C=CC2C3CCC(C3)C12. The van der Waals surface area contributed by atoms with Crippen LogP contribution in [0.15, 0.2) is 12.2 Å². The molecule has 3 aliphatic rings. The van der Waals surface area contributed by atoms with Crippen LogP contribution in [0.5, 0.6) is 0 Å². The highest BCUT2D eigenvalue weighted by molar-refractivity contribution is 5.66. The number of rotatable bonds is 1. The molecule has 2 bridgehead atoms. The number of aliphatic hydroxyl groups is 1. The lowest BCUT2D eigenvalue weighted by molar-refractivity contribution is -0.136. The van der Waals surface area contributed by atoms with E-state index < -0.39 is 5.97 Å². The lowest BCUT2D eigenvalue weighted by atomic mass is 9.80. The average molecular weight is 224 g/mol. The molecule has 3 rings (SSSR count). The van der Waals surface area contributed by atoms with E-state index in [9.17, 15) is 9.90 Å². The summed E-state index contributed by atoms with van der Waals surface area (Å²) in [4.78, 5) is 9.37. The molecule has 0 amide bonds. The summed E-state index contributed by atoms with van der Waals surface area (Å²) < 4.78 is 0. The fourth-order valence-corrected chi connectivity index (χ4v) is 3.54. The second kappa shape index (κ2) is 4.58. The third kappa shape index (κ3) is 2.01. The standard InChI is InChI=1S/C10H14O.C3H6O2/c11-9-4-3-8-6-1-2-7(5-6)10(8)9;1-2-3(4)5/h3-4,6-11H,1-2,5H2;2H2,1H3,(H,4,5). The van der Waals surface area contributed by atoms with Gasteiger partial charge in [0.25, 0.3) is 0 Å². The van der Waals surface area contributed by atoms with Gasteiger partial charge in [0.1, 0.15) is 0 Å². The summed E-state index contributed by atoms with van der Waals surface area (Å²) in [7, 11) is 0. The molecule has 5 atom stereocenters. The van der Waals surface area contributed by atoms with Gasteiger partial charge in [-0.15, -0.1) is 0 Å². The number of hydrogen-bond donors (Lipinski definition) is 2. The maximum atomic E-state index is 9.63. The van der Waals surface area contributed by atoms with Crippen LogP contribution >= 0.6 is 0 Å². The minimum absolute atomic E-state index is 0.102. The number of allylic oxidation sites excluding steroid dienone is 1.